The zero-order valence-electron chi connectivity index (χ0n) is 38.1. The molecule has 0 saturated carbocycles. The SMILES string of the molecule is CCCCC/C=C/CC(CCCCCC)C(=O)OCCCCCCN(CCCCCCO)CCCCCCOC(=O)C(CCCCCC)CCCCCCCC. The van der Waals surface area contributed by atoms with Crippen molar-refractivity contribution in [1.29, 1.82) is 0 Å². The molecule has 0 bridgehead atoms. The van der Waals surface area contributed by atoms with Crippen LogP contribution in [0.4, 0.5) is 0 Å². The second-order valence-electron chi connectivity index (χ2n) is 17.0. The summed E-state index contributed by atoms with van der Waals surface area (Å²) in [7, 11) is 0. The highest BCUT2D eigenvalue weighted by Gasteiger charge is 2.20. The molecule has 1 N–H and O–H groups in total. The average Bonchev–Trinajstić information content (AvgIpc) is 3.20. The number of hydrogen-bond donors (Lipinski definition) is 1. The molecule has 2 atom stereocenters. The van der Waals surface area contributed by atoms with Crippen LogP contribution in [-0.4, -0.2) is 61.4 Å². The van der Waals surface area contributed by atoms with Crippen molar-refractivity contribution in [3.8, 4) is 0 Å². The fraction of sp³-hybridized carbons (Fsp3) is 0.920. The number of ether oxygens (including phenoxy) is 2. The Morgan fingerprint density at radius 1 is 0.446 bits per heavy atom. The van der Waals surface area contributed by atoms with Crippen LogP contribution in [0.3, 0.4) is 0 Å². The van der Waals surface area contributed by atoms with Crippen LogP contribution < -0.4 is 0 Å². The molecule has 2 unspecified atom stereocenters. The lowest BCUT2D eigenvalue weighted by Crippen LogP contribution is -2.27. The molecular weight excluding hydrogens is 695 g/mol. The van der Waals surface area contributed by atoms with E-state index in [4.69, 9.17) is 9.47 Å². The van der Waals surface area contributed by atoms with E-state index in [-0.39, 0.29) is 23.8 Å². The molecule has 56 heavy (non-hydrogen) atoms. The quantitative estimate of drug-likeness (QED) is 0.0376. The molecule has 0 aromatic carbocycles. The zero-order valence-corrected chi connectivity index (χ0v) is 38.1. The van der Waals surface area contributed by atoms with Crippen LogP contribution in [0.1, 0.15) is 246 Å². The Hall–Kier alpha value is -1.40. The molecule has 0 amide bonds. The van der Waals surface area contributed by atoms with Gasteiger partial charge >= 0.3 is 11.9 Å². The molecule has 0 radical (unpaired) electrons. The van der Waals surface area contributed by atoms with Gasteiger partial charge in [-0.1, -0.05) is 181 Å². The van der Waals surface area contributed by atoms with E-state index in [2.05, 4.69) is 44.7 Å². The first-order chi connectivity index (χ1) is 27.5. The minimum absolute atomic E-state index is 0.00687. The van der Waals surface area contributed by atoms with Crippen molar-refractivity contribution in [3.05, 3.63) is 12.2 Å². The minimum atomic E-state index is 0.00687. The molecular formula is C50H97NO5. The molecule has 0 aliphatic heterocycles. The number of unbranched alkanes of at least 4 members (excludes halogenated alkanes) is 23. The first-order valence-electron chi connectivity index (χ1n) is 24.8. The number of hydrogen-bond acceptors (Lipinski definition) is 6. The molecule has 0 rings (SSSR count). The van der Waals surface area contributed by atoms with E-state index >= 15 is 0 Å². The zero-order chi connectivity index (χ0) is 41.0. The first-order valence-corrected chi connectivity index (χ1v) is 24.8. The maximum Gasteiger partial charge on any atom is 0.309 e. The fourth-order valence-corrected chi connectivity index (χ4v) is 7.71. The highest BCUT2D eigenvalue weighted by molar-refractivity contribution is 5.72. The number of carbonyl (C=O) groups excluding carboxylic acids is 2. The van der Waals surface area contributed by atoms with Gasteiger partial charge in [0.15, 0.2) is 0 Å². The van der Waals surface area contributed by atoms with Gasteiger partial charge in [0.25, 0.3) is 0 Å². The van der Waals surface area contributed by atoms with Crippen LogP contribution in [0.25, 0.3) is 0 Å². The van der Waals surface area contributed by atoms with Crippen molar-refractivity contribution in [2.75, 3.05) is 39.5 Å². The van der Waals surface area contributed by atoms with E-state index in [0.29, 0.717) is 19.8 Å². The lowest BCUT2D eigenvalue weighted by molar-refractivity contribution is -0.150. The van der Waals surface area contributed by atoms with Gasteiger partial charge in [-0.05, 0) is 96.7 Å². The van der Waals surface area contributed by atoms with Crippen molar-refractivity contribution in [2.45, 2.75) is 246 Å². The lowest BCUT2D eigenvalue weighted by atomic mass is 9.94. The lowest BCUT2D eigenvalue weighted by Gasteiger charge is -2.22. The Bertz CT molecular complexity index is 847. The summed E-state index contributed by atoms with van der Waals surface area (Å²) in [4.78, 5) is 28.6. The second kappa shape index (κ2) is 44.7. The summed E-state index contributed by atoms with van der Waals surface area (Å²) in [5.74, 6) is 0.167. The van der Waals surface area contributed by atoms with E-state index in [1.807, 2.05) is 0 Å². The number of allylic oxidation sites excluding steroid dienone is 2. The van der Waals surface area contributed by atoms with Crippen LogP contribution >= 0.6 is 0 Å². The smallest absolute Gasteiger partial charge is 0.309 e. The third-order valence-electron chi connectivity index (χ3n) is 11.6. The largest absolute Gasteiger partial charge is 0.465 e. The van der Waals surface area contributed by atoms with Gasteiger partial charge in [-0.15, -0.1) is 0 Å². The van der Waals surface area contributed by atoms with E-state index in [1.54, 1.807) is 0 Å². The van der Waals surface area contributed by atoms with Crippen molar-refractivity contribution >= 4 is 11.9 Å². The molecule has 0 aliphatic carbocycles. The number of nitrogens with zero attached hydrogens (tertiary/aromatic N) is 1. The Morgan fingerprint density at radius 3 is 1.32 bits per heavy atom. The van der Waals surface area contributed by atoms with Gasteiger partial charge in [0.05, 0.1) is 25.0 Å². The molecule has 0 heterocycles. The summed E-state index contributed by atoms with van der Waals surface area (Å²) >= 11 is 0. The molecule has 6 nitrogen and oxygen atoms in total. The standard InChI is InChI=1S/C50H97NO5/c1-5-9-13-17-19-29-39-47(37-27-15-11-7-3)49(53)55-45-35-25-22-32-42-51(41-31-21-24-34-44-52)43-33-23-26-36-46-56-50(54)48(38-28-16-12-8-4)40-30-20-18-14-10-6-2/h19,29,47-48,52H,5-18,20-28,30-46H2,1-4H3/b29-19+. The summed E-state index contributed by atoms with van der Waals surface area (Å²) in [6.45, 7) is 13.8. The van der Waals surface area contributed by atoms with E-state index in [1.165, 1.54) is 128 Å². The highest BCUT2D eigenvalue weighted by Crippen LogP contribution is 2.21. The molecule has 0 aromatic rings. The van der Waals surface area contributed by atoms with E-state index < -0.39 is 0 Å². The summed E-state index contributed by atoms with van der Waals surface area (Å²) < 4.78 is 11.7. The number of esters is 2. The van der Waals surface area contributed by atoms with Crippen LogP contribution in [0.15, 0.2) is 12.2 Å². The summed E-state index contributed by atoms with van der Waals surface area (Å²) in [6.07, 6.45) is 43.6. The summed E-state index contributed by atoms with van der Waals surface area (Å²) in [5.41, 5.74) is 0. The van der Waals surface area contributed by atoms with Gasteiger partial charge < -0.3 is 19.5 Å². The van der Waals surface area contributed by atoms with Gasteiger partial charge in [0.2, 0.25) is 0 Å². The summed E-state index contributed by atoms with van der Waals surface area (Å²) in [5, 5.41) is 9.17. The average molecular weight is 792 g/mol. The highest BCUT2D eigenvalue weighted by atomic mass is 16.5. The first kappa shape index (κ1) is 54.6. The number of aliphatic hydroxyl groups is 1. The summed E-state index contributed by atoms with van der Waals surface area (Å²) in [6, 6.07) is 0. The molecule has 0 spiro atoms. The Balaban J connectivity index is 4.51. The van der Waals surface area contributed by atoms with Crippen molar-refractivity contribution in [1.82, 2.24) is 4.90 Å². The van der Waals surface area contributed by atoms with E-state index in [9.17, 15) is 14.7 Å². The second-order valence-corrected chi connectivity index (χ2v) is 17.0. The van der Waals surface area contributed by atoms with Gasteiger partial charge in [-0.25, -0.2) is 0 Å². The molecule has 0 saturated heterocycles. The van der Waals surface area contributed by atoms with Gasteiger partial charge in [-0.3, -0.25) is 9.59 Å². The van der Waals surface area contributed by atoms with Crippen LogP contribution in [0.5, 0.6) is 0 Å². The predicted octanol–water partition coefficient (Wildman–Crippen LogP) is 14.5. The van der Waals surface area contributed by atoms with Crippen molar-refractivity contribution in [2.24, 2.45) is 11.8 Å². The van der Waals surface area contributed by atoms with Crippen LogP contribution in [0, 0.1) is 11.8 Å². The number of aliphatic hydroxyl groups excluding tert-OH is 1. The van der Waals surface area contributed by atoms with Gasteiger partial charge in [0, 0.05) is 6.61 Å². The Kier molecular flexibility index (Phi) is 43.6. The number of rotatable bonds is 45. The monoisotopic (exact) mass is 792 g/mol. The Labute approximate surface area is 349 Å². The normalized spacial score (nSPS) is 12.8. The molecule has 0 fully saturated rings. The van der Waals surface area contributed by atoms with Gasteiger partial charge in [0.1, 0.15) is 0 Å². The minimum Gasteiger partial charge on any atom is -0.465 e. The molecule has 332 valence electrons. The van der Waals surface area contributed by atoms with Crippen LogP contribution in [0.2, 0.25) is 0 Å². The van der Waals surface area contributed by atoms with Crippen molar-refractivity contribution < 1.29 is 24.2 Å². The van der Waals surface area contributed by atoms with Crippen molar-refractivity contribution in [3.63, 3.8) is 0 Å². The third kappa shape index (κ3) is 36.9. The molecule has 6 heteroatoms. The predicted molar refractivity (Wildman–Crippen MR) is 241 cm³/mol. The maximum absolute atomic E-state index is 13.0. The van der Waals surface area contributed by atoms with Crippen LogP contribution in [-0.2, 0) is 19.1 Å². The third-order valence-corrected chi connectivity index (χ3v) is 11.6. The molecule has 0 aromatic heterocycles. The maximum atomic E-state index is 13.0. The van der Waals surface area contributed by atoms with E-state index in [0.717, 1.165) is 110 Å². The van der Waals surface area contributed by atoms with Gasteiger partial charge in [-0.2, -0.15) is 0 Å². The topological polar surface area (TPSA) is 76.1 Å². The molecule has 0 aliphatic rings. The fourth-order valence-electron chi connectivity index (χ4n) is 7.71. The Morgan fingerprint density at radius 2 is 0.821 bits per heavy atom. The number of carbonyl (C=O) groups is 2.